The number of aliphatic hydroxyl groups is 1. The third kappa shape index (κ3) is 4.84. The van der Waals surface area contributed by atoms with Gasteiger partial charge in [0.15, 0.2) is 0 Å². The van der Waals surface area contributed by atoms with Crippen molar-refractivity contribution in [1.82, 2.24) is 9.55 Å². The molecule has 1 fully saturated rings. The Labute approximate surface area is 210 Å². The Hall–Kier alpha value is -3.71. The van der Waals surface area contributed by atoms with Crippen LogP contribution in [0.3, 0.4) is 0 Å². The largest absolute Gasteiger partial charge is 0.491 e. The highest BCUT2D eigenvalue weighted by Crippen LogP contribution is 2.34. The van der Waals surface area contributed by atoms with Crippen LogP contribution in [0.15, 0.2) is 72.8 Å². The van der Waals surface area contributed by atoms with Gasteiger partial charge in [0.25, 0.3) is 0 Å². The summed E-state index contributed by atoms with van der Waals surface area (Å²) in [7, 11) is 0. The lowest BCUT2D eigenvalue weighted by Gasteiger charge is -2.19. The Kier molecular flexibility index (Phi) is 6.74. The molecule has 0 saturated carbocycles. The average molecular weight is 488 g/mol. The lowest BCUT2D eigenvalue weighted by molar-refractivity contribution is -0.117. The van der Waals surface area contributed by atoms with Crippen molar-refractivity contribution in [2.45, 2.75) is 44.8 Å². The fraction of sp³-hybridized carbons (Fsp3) is 0.310. The number of aliphatic hydroxyl groups excluding tert-OH is 1. The summed E-state index contributed by atoms with van der Waals surface area (Å²) in [5, 5.41) is 10.9. The molecule has 1 aliphatic heterocycles. The summed E-state index contributed by atoms with van der Waals surface area (Å²) < 4.78 is 22.2. The van der Waals surface area contributed by atoms with Crippen molar-refractivity contribution >= 4 is 22.6 Å². The Morgan fingerprint density at radius 1 is 1.06 bits per heavy atom. The van der Waals surface area contributed by atoms with Gasteiger partial charge in [-0.3, -0.25) is 4.79 Å². The molecule has 0 bridgehead atoms. The molecule has 1 amide bonds. The van der Waals surface area contributed by atoms with E-state index >= 15 is 0 Å². The quantitative estimate of drug-likeness (QED) is 0.368. The van der Waals surface area contributed by atoms with E-state index in [0.29, 0.717) is 24.0 Å². The van der Waals surface area contributed by atoms with E-state index in [-0.39, 0.29) is 37.1 Å². The molecule has 1 aliphatic rings. The maximum atomic E-state index is 14.4. The molecule has 1 N–H and O–H groups in total. The molecular weight excluding hydrogens is 457 g/mol. The standard InChI is InChI=1S/C29H30FN3O3/c1-19(2)20-11-13-23(14-12-20)36-18-22(34)17-33-27-10-6-4-8-25(27)31-29(33)21-15-28(35)32(16-21)26-9-5-3-7-24(26)30/h3-14,19,21-22,34H,15-18H2,1-2H3/t21-,22+/m1/s1. The van der Waals surface area contributed by atoms with Crippen LogP contribution >= 0.6 is 0 Å². The van der Waals surface area contributed by atoms with Crippen molar-refractivity contribution in [3.05, 3.63) is 90.0 Å². The fourth-order valence-corrected chi connectivity index (χ4v) is 4.79. The first-order valence-corrected chi connectivity index (χ1v) is 12.3. The molecule has 7 heteroatoms. The van der Waals surface area contributed by atoms with Gasteiger partial charge in [0.1, 0.15) is 30.1 Å². The zero-order valence-corrected chi connectivity index (χ0v) is 20.5. The summed E-state index contributed by atoms with van der Waals surface area (Å²) >= 11 is 0. The Morgan fingerprint density at radius 3 is 2.53 bits per heavy atom. The van der Waals surface area contributed by atoms with E-state index in [1.807, 2.05) is 53.1 Å². The average Bonchev–Trinajstić information content (AvgIpc) is 3.44. The number of benzene rings is 3. The van der Waals surface area contributed by atoms with E-state index < -0.39 is 11.9 Å². The van der Waals surface area contributed by atoms with Crippen LogP contribution in [0.4, 0.5) is 10.1 Å². The van der Waals surface area contributed by atoms with E-state index in [9.17, 15) is 14.3 Å². The minimum absolute atomic E-state index is 0.123. The molecule has 2 heterocycles. The van der Waals surface area contributed by atoms with Gasteiger partial charge in [0.05, 0.1) is 23.3 Å². The summed E-state index contributed by atoms with van der Waals surface area (Å²) in [6, 6.07) is 21.9. The van der Waals surface area contributed by atoms with Gasteiger partial charge in [-0.15, -0.1) is 0 Å². The number of para-hydroxylation sites is 3. The van der Waals surface area contributed by atoms with Gasteiger partial charge in [-0.2, -0.15) is 0 Å². The number of anilines is 1. The van der Waals surface area contributed by atoms with Crippen LogP contribution in [-0.2, 0) is 11.3 Å². The number of ether oxygens (including phenoxy) is 1. The lowest BCUT2D eigenvalue weighted by atomic mass is 10.0. The highest BCUT2D eigenvalue weighted by Gasteiger charge is 2.36. The van der Waals surface area contributed by atoms with E-state index in [1.165, 1.54) is 16.5 Å². The molecule has 0 aliphatic carbocycles. The van der Waals surface area contributed by atoms with E-state index in [2.05, 4.69) is 13.8 Å². The van der Waals surface area contributed by atoms with Crippen molar-refractivity contribution in [3.8, 4) is 5.75 Å². The second-order valence-corrected chi connectivity index (χ2v) is 9.61. The molecule has 186 valence electrons. The van der Waals surface area contributed by atoms with E-state index in [4.69, 9.17) is 9.72 Å². The second-order valence-electron chi connectivity index (χ2n) is 9.61. The predicted molar refractivity (Wildman–Crippen MR) is 138 cm³/mol. The highest BCUT2D eigenvalue weighted by molar-refractivity contribution is 5.96. The van der Waals surface area contributed by atoms with Crippen molar-refractivity contribution < 1.29 is 19.0 Å². The third-order valence-electron chi connectivity index (χ3n) is 6.70. The first-order chi connectivity index (χ1) is 17.4. The fourth-order valence-electron chi connectivity index (χ4n) is 4.79. The summed E-state index contributed by atoms with van der Waals surface area (Å²) in [6.45, 7) is 5.00. The summed E-state index contributed by atoms with van der Waals surface area (Å²) in [4.78, 5) is 19.1. The number of rotatable bonds is 8. The molecule has 2 atom stereocenters. The number of aromatic nitrogens is 2. The summed E-state index contributed by atoms with van der Waals surface area (Å²) in [5.74, 6) is 1.07. The maximum Gasteiger partial charge on any atom is 0.227 e. The molecule has 0 unspecified atom stereocenters. The molecule has 5 rings (SSSR count). The maximum absolute atomic E-state index is 14.4. The first-order valence-electron chi connectivity index (χ1n) is 12.3. The molecule has 0 radical (unpaired) electrons. The highest BCUT2D eigenvalue weighted by atomic mass is 19.1. The van der Waals surface area contributed by atoms with Gasteiger partial charge in [0.2, 0.25) is 5.91 Å². The van der Waals surface area contributed by atoms with Gasteiger partial charge < -0.3 is 19.3 Å². The van der Waals surface area contributed by atoms with Crippen LogP contribution in [-0.4, -0.2) is 39.8 Å². The predicted octanol–water partition coefficient (Wildman–Crippen LogP) is 5.26. The van der Waals surface area contributed by atoms with Gasteiger partial charge in [0, 0.05) is 18.9 Å². The monoisotopic (exact) mass is 487 g/mol. The lowest BCUT2D eigenvalue weighted by Crippen LogP contribution is -2.27. The number of halogens is 1. The number of amides is 1. The smallest absolute Gasteiger partial charge is 0.227 e. The minimum atomic E-state index is -0.786. The van der Waals surface area contributed by atoms with Crippen LogP contribution in [0.25, 0.3) is 11.0 Å². The zero-order chi connectivity index (χ0) is 25.2. The number of hydrogen-bond acceptors (Lipinski definition) is 4. The van der Waals surface area contributed by atoms with Gasteiger partial charge in [-0.25, -0.2) is 9.37 Å². The van der Waals surface area contributed by atoms with Gasteiger partial charge in [-0.05, 0) is 47.9 Å². The molecule has 1 aromatic heterocycles. The molecular formula is C29H30FN3O3. The molecule has 4 aromatic rings. The molecule has 0 spiro atoms. The molecule has 1 saturated heterocycles. The van der Waals surface area contributed by atoms with Crippen molar-refractivity contribution in [2.24, 2.45) is 0 Å². The van der Waals surface area contributed by atoms with Crippen LogP contribution in [0.1, 0.15) is 43.5 Å². The first kappa shape index (κ1) is 24.0. The third-order valence-corrected chi connectivity index (χ3v) is 6.70. The Bertz CT molecular complexity index is 1370. The Balaban J connectivity index is 1.35. The van der Waals surface area contributed by atoms with Crippen LogP contribution in [0.2, 0.25) is 0 Å². The molecule has 6 nitrogen and oxygen atoms in total. The number of imidazole rings is 1. The van der Waals surface area contributed by atoms with Gasteiger partial charge >= 0.3 is 0 Å². The summed E-state index contributed by atoms with van der Waals surface area (Å²) in [5.41, 5.74) is 3.18. The van der Waals surface area contributed by atoms with Crippen LogP contribution in [0.5, 0.6) is 5.75 Å². The molecule has 36 heavy (non-hydrogen) atoms. The Morgan fingerprint density at radius 2 is 1.78 bits per heavy atom. The van der Waals surface area contributed by atoms with E-state index in [0.717, 1.165) is 11.0 Å². The number of nitrogens with zero attached hydrogens (tertiary/aromatic N) is 3. The van der Waals surface area contributed by atoms with E-state index in [1.54, 1.807) is 18.2 Å². The topological polar surface area (TPSA) is 67.6 Å². The van der Waals surface area contributed by atoms with Crippen molar-refractivity contribution in [1.29, 1.82) is 0 Å². The van der Waals surface area contributed by atoms with Crippen LogP contribution in [0, 0.1) is 5.82 Å². The molecule has 3 aromatic carbocycles. The van der Waals surface area contributed by atoms with Crippen molar-refractivity contribution in [3.63, 3.8) is 0 Å². The summed E-state index contributed by atoms with van der Waals surface area (Å²) in [6.07, 6.45) is -0.558. The number of fused-ring (bicyclic) bond motifs is 1. The SMILES string of the molecule is CC(C)c1ccc(OC[C@@H](O)Cn2c([C@@H]3CC(=O)N(c4ccccc4F)C3)nc3ccccc32)cc1. The zero-order valence-electron chi connectivity index (χ0n) is 20.5. The minimum Gasteiger partial charge on any atom is -0.491 e. The normalized spacial score (nSPS) is 16.8. The number of hydrogen-bond donors (Lipinski definition) is 1. The van der Waals surface area contributed by atoms with Crippen molar-refractivity contribution in [2.75, 3.05) is 18.1 Å². The number of carbonyl (C=O) groups excluding carboxylic acids is 1. The van der Waals surface area contributed by atoms with Crippen LogP contribution < -0.4 is 9.64 Å². The van der Waals surface area contributed by atoms with Gasteiger partial charge in [-0.1, -0.05) is 50.2 Å². The number of carbonyl (C=O) groups is 1. The second kappa shape index (κ2) is 10.1.